The number of nitriles is 4. The molecule has 3 aromatic carbocycles. The van der Waals surface area contributed by atoms with Crippen LogP contribution in [0, 0.1) is 45.3 Å². The Hall–Kier alpha value is -4.74. The Labute approximate surface area is 350 Å². The topological polar surface area (TPSA) is 222 Å². The molecule has 1 aliphatic carbocycles. The first-order chi connectivity index (χ1) is 29.3. The molecule has 60 heavy (non-hydrogen) atoms. The van der Waals surface area contributed by atoms with Crippen LogP contribution in [0.1, 0.15) is 49.3 Å². The molecule has 4 rings (SSSR count). The van der Waals surface area contributed by atoms with E-state index in [4.69, 9.17) is 46.1 Å². The van der Waals surface area contributed by atoms with Gasteiger partial charge in [-0.25, -0.2) is 9.13 Å². The molecule has 0 unspecified atom stereocenters. The van der Waals surface area contributed by atoms with Crippen LogP contribution in [0.25, 0.3) is 0 Å². The van der Waals surface area contributed by atoms with E-state index >= 15 is 0 Å². The lowest BCUT2D eigenvalue weighted by atomic mass is 9.84. The molecule has 18 heteroatoms. The fourth-order valence-electron chi connectivity index (χ4n) is 5.86. The van der Waals surface area contributed by atoms with Crippen molar-refractivity contribution in [2.45, 2.75) is 89.1 Å². The van der Waals surface area contributed by atoms with E-state index in [0.29, 0.717) is 0 Å². The van der Waals surface area contributed by atoms with E-state index in [2.05, 4.69) is 0 Å². The zero-order valence-electron chi connectivity index (χ0n) is 33.1. The predicted molar refractivity (Wildman–Crippen MR) is 214 cm³/mol. The average molecular weight is 863 g/mol. The van der Waals surface area contributed by atoms with Gasteiger partial charge in [0.1, 0.15) is 30.5 Å². The van der Waals surface area contributed by atoms with Crippen molar-refractivity contribution < 1.29 is 55.2 Å². The van der Waals surface area contributed by atoms with E-state index in [1.54, 1.807) is 13.0 Å². The maximum Gasteiger partial charge on any atom is 0.475 e. The minimum absolute atomic E-state index is 0.0259. The number of rotatable bonds is 27. The molecular weight excluding hydrogens is 814 g/mol. The minimum atomic E-state index is -4.77. The van der Waals surface area contributed by atoms with Crippen molar-refractivity contribution in [3.8, 4) is 24.3 Å². The number of hydrogen-bond donors (Lipinski definition) is 0. The van der Waals surface area contributed by atoms with Crippen molar-refractivity contribution in [3.63, 3.8) is 0 Å². The molecule has 0 saturated heterocycles. The highest BCUT2D eigenvalue weighted by molar-refractivity contribution is 7.48. The highest BCUT2D eigenvalue weighted by atomic mass is 31.2. The van der Waals surface area contributed by atoms with Crippen LogP contribution in [0.2, 0.25) is 0 Å². The summed E-state index contributed by atoms with van der Waals surface area (Å²) < 4.78 is 90.9. The molecular formula is C42H48N4O12P2. The molecule has 0 N–H and O–H groups in total. The van der Waals surface area contributed by atoms with Gasteiger partial charge in [0.25, 0.3) is 0 Å². The molecule has 3 aromatic rings. The first kappa shape index (κ1) is 47.9. The molecule has 6 atom stereocenters. The first-order valence-corrected chi connectivity index (χ1v) is 22.1. The van der Waals surface area contributed by atoms with E-state index in [0.717, 1.165) is 16.7 Å². The third-order valence-corrected chi connectivity index (χ3v) is 11.5. The van der Waals surface area contributed by atoms with Gasteiger partial charge in [-0.05, 0) is 23.6 Å². The maximum atomic E-state index is 14.7. The quantitative estimate of drug-likeness (QED) is 0.0399. The van der Waals surface area contributed by atoms with E-state index in [1.807, 2.05) is 115 Å². The number of phosphoric ester groups is 2. The molecule has 0 amide bonds. The molecule has 0 bridgehead atoms. The van der Waals surface area contributed by atoms with E-state index in [-0.39, 0.29) is 45.5 Å². The number of allylic oxidation sites excluding steroid dienone is 1. The number of benzene rings is 3. The highest BCUT2D eigenvalue weighted by Crippen LogP contribution is 2.57. The van der Waals surface area contributed by atoms with Gasteiger partial charge in [-0.1, -0.05) is 97.1 Å². The monoisotopic (exact) mass is 862 g/mol. The van der Waals surface area contributed by atoms with Gasteiger partial charge in [0.15, 0.2) is 6.10 Å². The molecule has 1 aliphatic rings. The van der Waals surface area contributed by atoms with E-state index in [1.165, 1.54) is 6.26 Å². The number of ether oxygens (including phenoxy) is 4. The summed E-state index contributed by atoms with van der Waals surface area (Å²) in [5, 5.41) is 37.2. The Kier molecular flexibility index (Phi) is 21.1. The lowest BCUT2D eigenvalue weighted by molar-refractivity contribution is -0.258. The smallest absolute Gasteiger partial charge is 0.475 e. The largest absolute Gasteiger partial charge is 0.493 e. The van der Waals surface area contributed by atoms with Crippen molar-refractivity contribution >= 4 is 15.6 Å². The lowest BCUT2D eigenvalue weighted by Crippen LogP contribution is -2.67. The Bertz CT molecular complexity index is 1960. The van der Waals surface area contributed by atoms with Crippen LogP contribution in [0.15, 0.2) is 103 Å². The second-order valence-electron chi connectivity index (χ2n) is 12.9. The lowest BCUT2D eigenvalue weighted by Gasteiger charge is -2.49. The molecule has 16 nitrogen and oxygen atoms in total. The van der Waals surface area contributed by atoms with Crippen LogP contribution in [-0.4, -0.2) is 63.1 Å². The average Bonchev–Trinajstić information content (AvgIpc) is 3.26. The van der Waals surface area contributed by atoms with Crippen molar-refractivity contribution in [2.75, 3.05) is 26.4 Å². The summed E-state index contributed by atoms with van der Waals surface area (Å²) in [6, 6.07) is 35.2. The van der Waals surface area contributed by atoms with Crippen LogP contribution in [0.3, 0.4) is 0 Å². The van der Waals surface area contributed by atoms with Gasteiger partial charge in [-0.2, -0.15) is 21.0 Å². The summed E-state index contributed by atoms with van der Waals surface area (Å²) in [5.41, 5.74) is 2.24. The van der Waals surface area contributed by atoms with Crippen molar-refractivity contribution in [3.05, 3.63) is 120 Å². The Morgan fingerprint density at radius 2 is 0.783 bits per heavy atom. The van der Waals surface area contributed by atoms with Crippen LogP contribution >= 0.6 is 15.6 Å². The fourth-order valence-corrected chi connectivity index (χ4v) is 8.59. The van der Waals surface area contributed by atoms with Gasteiger partial charge in [0, 0.05) is 0 Å². The van der Waals surface area contributed by atoms with Crippen molar-refractivity contribution in [2.24, 2.45) is 0 Å². The van der Waals surface area contributed by atoms with Crippen LogP contribution in [0.4, 0.5) is 0 Å². The normalized spacial score (nSPS) is 20.4. The molecule has 1 fully saturated rings. The molecule has 0 aromatic heterocycles. The van der Waals surface area contributed by atoms with Gasteiger partial charge in [0.05, 0.1) is 102 Å². The van der Waals surface area contributed by atoms with E-state index < -0.39 is 78.7 Å². The molecule has 318 valence electrons. The third-order valence-electron chi connectivity index (χ3n) is 8.53. The first-order valence-electron chi connectivity index (χ1n) is 19.1. The summed E-state index contributed by atoms with van der Waals surface area (Å²) in [6.07, 6.45) is -5.99. The van der Waals surface area contributed by atoms with E-state index in [9.17, 15) is 30.2 Å². The van der Waals surface area contributed by atoms with Crippen LogP contribution in [0.5, 0.6) is 0 Å². The van der Waals surface area contributed by atoms with Crippen molar-refractivity contribution in [1.82, 2.24) is 0 Å². The van der Waals surface area contributed by atoms with Gasteiger partial charge in [-0.3, -0.25) is 27.1 Å². The molecule has 0 radical (unpaired) electrons. The maximum absolute atomic E-state index is 14.7. The number of phosphoric acid groups is 2. The van der Waals surface area contributed by atoms with Crippen LogP contribution in [-0.2, 0) is 75.0 Å². The van der Waals surface area contributed by atoms with Gasteiger partial charge in [-0.15, -0.1) is 0 Å². The number of hydrogen-bond acceptors (Lipinski definition) is 16. The SMILES string of the molecule is C/C=C/O[C@@H]1[C@H](OCc2ccccc2)[C@H](OCc2ccccc2)[C@@H](OP(=O)(OCCC#N)OCCC#N)[C@H](OP(=O)(OCCC#N)OCCC#N)[C@H]1OCc1ccccc1. The summed E-state index contributed by atoms with van der Waals surface area (Å²) >= 11 is 0. The summed E-state index contributed by atoms with van der Waals surface area (Å²) in [6.45, 7) is 0.0775. The van der Waals surface area contributed by atoms with Gasteiger partial charge in [0.2, 0.25) is 0 Å². The predicted octanol–water partition coefficient (Wildman–Crippen LogP) is 8.38. The Morgan fingerprint density at radius 3 is 1.08 bits per heavy atom. The second-order valence-corrected chi connectivity index (χ2v) is 16.1. The zero-order valence-corrected chi connectivity index (χ0v) is 34.9. The standard InChI is InChI=1S/C42H48N4O12P2/c1-2-26-49-37-38(50-31-34-16-6-3-7-17-34)40(52-33-36-20-10-5-11-21-36)42(58-60(48,55-29-14-24-45)56-30-15-25-46)41(39(37)51-32-35-18-8-4-9-19-35)57-59(47,53-27-12-22-43)54-28-13-23-44/h2-11,16-21,26,37-42H,12-15,27-33H2,1H3/b26-2+/t37-,38+,39+,40+,41-,42-/m1/s1. The highest BCUT2D eigenvalue weighted by Gasteiger charge is 2.59. The number of nitrogens with zero attached hydrogens (tertiary/aromatic N) is 4. The summed E-state index contributed by atoms with van der Waals surface area (Å²) in [7, 11) is -9.53. The Morgan fingerprint density at radius 1 is 0.483 bits per heavy atom. The molecule has 0 heterocycles. The minimum Gasteiger partial charge on any atom is -0.493 e. The summed E-state index contributed by atoms with van der Waals surface area (Å²) in [4.78, 5) is 0. The third kappa shape index (κ3) is 15.7. The van der Waals surface area contributed by atoms with Crippen molar-refractivity contribution in [1.29, 1.82) is 21.0 Å². The zero-order chi connectivity index (χ0) is 42.9. The molecule has 0 aliphatic heterocycles. The van der Waals surface area contributed by atoms with Crippen LogP contribution < -0.4 is 0 Å². The molecule has 0 spiro atoms. The fraction of sp³-hybridized carbons (Fsp3) is 0.429. The molecule has 1 saturated carbocycles. The summed E-state index contributed by atoms with van der Waals surface area (Å²) in [5.74, 6) is 0. The van der Waals surface area contributed by atoms with Gasteiger partial charge < -0.3 is 18.9 Å². The van der Waals surface area contributed by atoms with Gasteiger partial charge >= 0.3 is 15.6 Å². The Balaban J connectivity index is 1.96. The second kappa shape index (κ2) is 26.5.